The third-order valence-corrected chi connectivity index (χ3v) is 5.78. The van der Waals surface area contributed by atoms with Crippen LogP contribution in [0.25, 0.3) is 0 Å². The highest BCUT2D eigenvalue weighted by molar-refractivity contribution is 7.92. The molecule has 0 radical (unpaired) electrons. The molecule has 1 rings (SSSR count). The fourth-order valence-electron chi connectivity index (χ4n) is 1.73. The normalized spacial score (nSPS) is 12.4. The third-order valence-electron chi connectivity index (χ3n) is 3.21. The number of benzene rings is 1. The molecule has 0 aromatic heterocycles. The number of ether oxygens (including phenoxy) is 1. The van der Waals surface area contributed by atoms with Crippen molar-refractivity contribution in [3.05, 3.63) is 29.8 Å². The lowest BCUT2D eigenvalue weighted by Crippen LogP contribution is -2.32. The van der Waals surface area contributed by atoms with Gasteiger partial charge in [-0.25, -0.2) is 8.42 Å². The first kappa shape index (κ1) is 18.0. The molecule has 0 amide bonds. The van der Waals surface area contributed by atoms with Crippen LogP contribution < -0.4 is 10.1 Å². The van der Waals surface area contributed by atoms with Crippen molar-refractivity contribution in [1.29, 1.82) is 0 Å². The van der Waals surface area contributed by atoms with Gasteiger partial charge < -0.3 is 10.1 Å². The summed E-state index contributed by atoms with van der Waals surface area (Å²) in [4.78, 5) is 0. The van der Waals surface area contributed by atoms with E-state index >= 15 is 0 Å². The largest absolute Gasteiger partial charge is 0.493 e. The van der Waals surface area contributed by atoms with Crippen LogP contribution in [0.1, 0.15) is 39.7 Å². The summed E-state index contributed by atoms with van der Waals surface area (Å²) >= 11 is 0. The summed E-state index contributed by atoms with van der Waals surface area (Å²) in [5.41, 5.74) is 1.14. The summed E-state index contributed by atoms with van der Waals surface area (Å²) in [5, 5.41) is 3.33. The molecule has 1 N–H and O–H groups in total. The molecule has 1 aromatic rings. The van der Waals surface area contributed by atoms with Gasteiger partial charge in [0.05, 0.1) is 10.5 Å². The number of hydrogen-bond acceptors (Lipinski definition) is 4. The van der Waals surface area contributed by atoms with E-state index in [0.717, 1.165) is 30.8 Å². The summed E-state index contributed by atoms with van der Waals surface area (Å²) in [6, 6.07) is 7.76. The molecule has 0 aliphatic rings. The molecule has 21 heavy (non-hydrogen) atoms. The van der Waals surface area contributed by atoms with E-state index in [0.29, 0.717) is 0 Å². The Hall–Kier alpha value is -1.07. The molecule has 0 fully saturated rings. The highest BCUT2D eigenvalue weighted by Crippen LogP contribution is 2.17. The third kappa shape index (κ3) is 6.06. The fraction of sp³-hybridized carbons (Fsp3) is 0.625. The van der Waals surface area contributed by atoms with E-state index in [1.54, 1.807) is 20.8 Å². The molecule has 0 saturated carbocycles. The van der Waals surface area contributed by atoms with Crippen molar-refractivity contribution in [2.45, 2.75) is 45.4 Å². The maximum Gasteiger partial charge on any atom is 0.158 e. The fourth-order valence-corrected chi connectivity index (χ4v) is 2.65. The van der Waals surface area contributed by atoms with Crippen molar-refractivity contribution in [2.24, 2.45) is 0 Å². The van der Waals surface area contributed by atoms with Crippen LogP contribution in [-0.2, 0) is 16.4 Å². The van der Waals surface area contributed by atoms with E-state index in [1.165, 1.54) is 0 Å². The van der Waals surface area contributed by atoms with Gasteiger partial charge in [0.25, 0.3) is 0 Å². The summed E-state index contributed by atoms with van der Waals surface area (Å²) in [5.74, 6) is 0.754. The minimum Gasteiger partial charge on any atom is -0.493 e. The lowest BCUT2D eigenvalue weighted by atomic mass is 10.2. The SMILES string of the molecule is CCCNCc1cccc(OCCS(=O)(=O)C(C)(C)C)c1. The first-order valence-corrected chi connectivity index (χ1v) is 9.06. The minimum absolute atomic E-state index is 0.0365. The molecular weight excluding hydrogens is 286 g/mol. The lowest BCUT2D eigenvalue weighted by Gasteiger charge is -2.19. The van der Waals surface area contributed by atoms with E-state index < -0.39 is 14.6 Å². The predicted molar refractivity (Wildman–Crippen MR) is 87.5 cm³/mol. The van der Waals surface area contributed by atoms with Crippen molar-refractivity contribution in [1.82, 2.24) is 5.32 Å². The summed E-state index contributed by atoms with van der Waals surface area (Å²) < 4.78 is 28.8. The average molecular weight is 313 g/mol. The van der Waals surface area contributed by atoms with Crippen LogP contribution in [0, 0.1) is 0 Å². The number of nitrogens with one attached hydrogen (secondary N) is 1. The van der Waals surface area contributed by atoms with Gasteiger partial charge in [-0.1, -0.05) is 19.1 Å². The monoisotopic (exact) mass is 313 g/mol. The van der Waals surface area contributed by atoms with Gasteiger partial charge in [0.15, 0.2) is 9.84 Å². The van der Waals surface area contributed by atoms with Crippen LogP contribution in [0.3, 0.4) is 0 Å². The molecule has 0 heterocycles. The van der Waals surface area contributed by atoms with Gasteiger partial charge in [0.2, 0.25) is 0 Å². The van der Waals surface area contributed by atoms with Crippen molar-refractivity contribution in [2.75, 3.05) is 18.9 Å². The van der Waals surface area contributed by atoms with Crippen LogP contribution in [-0.4, -0.2) is 32.1 Å². The smallest absolute Gasteiger partial charge is 0.158 e. The van der Waals surface area contributed by atoms with Crippen molar-refractivity contribution in [3.63, 3.8) is 0 Å². The molecular formula is C16H27NO3S. The van der Waals surface area contributed by atoms with Gasteiger partial charge in [-0.15, -0.1) is 0 Å². The first-order valence-electron chi connectivity index (χ1n) is 7.41. The minimum atomic E-state index is -3.13. The second-order valence-electron chi connectivity index (χ2n) is 6.10. The molecule has 1 aromatic carbocycles. The average Bonchev–Trinajstić information content (AvgIpc) is 2.38. The van der Waals surface area contributed by atoms with E-state index in [9.17, 15) is 8.42 Å². The van der Waals surface area contributed by atoms with Gasteiger partial charge in [-0.05, 0) is 51.4 Å². The van der Waals surface area contributed by atoms with Crippen LogP contribution in [0.5, 0.6) is 5.75 Å². The molecule has 0 atom stereocenters. The van der Waals surface area contributed by atoms with Crippen LogP contribution in [0.15, 0.2) is 24.3 Å². The van der Waals surface area contributed by atoms with Crippen LogP contribution in [0.2, 0.25) is 0 Å². The first-order chi connectivity index (χ1) is 9.76. The van der Waals surface area contributed by atoms with Gasteiger partial charge in [0.1, 0.15) is 12.4 Å². The van der Waals surface area contributed by atoms with Crippen molar-refractivity contribution < 1.29 is 13.2 Å². The molecule has 0 aliphatic carbocycles. The second-order valence-corrected chi connectivity index (χ2v) is 8.97. The van der Waals surface area contributed by atoms with E-state index in [-0.39, 0.29) is 12.4 Å². The molecule has 0 saturated heterocycles. The van der Waals surface area contributed by atoms with E-state index in [4.69, 9.17) is 4.74 Å². The maximum absolute atomic E-state index is 12.0. The van der Waals surface area contributed by atoms with Crippen molar-refractivity contribution in [3.8, 4) is 5.75 Å². The number of hydrogen-bond donors (Lipinski definition) is 1. The Balaban J connectivity index is 2.51. The Labute approximate surface area is 128 Å². The van der Waals surface area contributed by atoms with E-state index in [1.807, 2.05) is 24.3 Å². The molecule has 0 aliphatic heterocycles. The Morgan fingerprint density at radius 1 is 1.24 bits per heavy atom. The zero-order valence-electron chi connectivity index (χ0n) is 13.5. The zero-order valence-corrected chi connectivity index (χ0v) is 14.3. The Kier molecular flexibility index (Phi) is 6.68. The van der Waals surface area contributed by atoms with Gasteiger partial charge in [-0.3, -0.25) is 0 Å². The number of rotatable bonds is 8. The standard InChI is InChI=1S/C16H27NO3S/c1-5-9-17-13-14-7-6-8-15(12-14)20-10-11-21(18,19)16(2,3)4/h6-8,12,17H,5,9-11,13H2,1-4H3. The van der Waals surface area contributed by atoms with Gasteiger partial charge >= 0.3 is 0 Å². The quantitative estimate of drug-likeness (QED) is 0.750. The molecule has 5 heteroatoms. The summed E-state index contributed by atoms with van der Waals surface area (Å²) in [6.45, 7) is 9.22. The lowest BCUT2D eigenvalue weighted by molar-refractivity contribution is 0.339. The zero-order chi connectivity index (χ0) is 15.9. The highest BCUT2D eigenvalue weighted by atomic mass is 32.2. The molecule has 0 bridgehead atoms. The van der Waals surface area contributed by atoms with Gasteiger partial charge in [0, 0.05) is 6.54 Å². The van der Waals surface area contributed by atoms with Crippen LogP contribution in [0.4, 0.5) is 0 Å². The molecule has 0 spiro atoms. The highest BCUT2D eigenvalue weighted by Gasteiger charge is 2.28. The molecule has 0 unspecified atom stereocenters. The Morgan fingerprint density at radius 2 is 1.95 bits per heavy atom. The molecule has 120 valence electrons. The molecule has 4 nitrogen and oxygen atoms in total. The Morgan fingerprint density at radius 3 is 2.57 bits per heavy atom. The van der Waals surface area contributed by atoms with Crippen LogP contribution >= 0.6 is 0 Å². The summed E-state index contributed by atoms with van der Waals surface area (Å²) in [7, 11) is -3.13. The summed E-state index contributed by atoms with van der Waals surface area (Å²) in [6.07, 6.45) is 1.10. The van der Waals surface area contributed by atoms with Gasteiger partial charge in [-0.2, -0.15) is 0 Å². The predicted octanol–water partition coefficient (Wildman–Crippen LogP) is 2.78. The topological polar surface area (TPSA) is 55.4 Å². The Bertz CT molecular complexity index is 533. The maximum atomic E-state index is 12.0. The van der Waals surface area contributed by atoms with E-state index in [2.05, 4.69) is 12.2 Å². The van der Waals surface area contributed by atoms with Crippen molar-refractivity contribution >= 4 is 9.84 Å². The number of sulfone groups is 1. The second kappa shape index (κ2) is 7.80.